The number of fused-ring (bicyclic) bond motifs is 1. The number of hydrogen-bond donors (Lipinski definition) is 1. The number of piperidine rings is 1. The first-order valence-corrected chi connectivity index (χ1v) is 10.5. The summed E-state index contributed by atoms with van der Waals surface area (Å²) < 4.78 is 1.52. The third kappa shape index (κ3) is 2.74. The van der Waals surface area contributed by atoms with E-state index in [0.717, 1.165) is 54.2 Å². The van der Waals surface area contributed by atoms with Crippen LogP contribution in [-0.4, -0.2) is 32.7 Å². The summed E-state index contributed by atoms with van der Waals surface area (Å²) >= 11 is 1.48. The molecule has 1 aliphatic heterocycles. The summed E-state index contributed by atoms with van der Waals surface area (Å²) in [7, 11) is 0. The zero-order valence-corrected chi connectivity index (χ0v) is 16.5. The number of rotatable bonds is 3. The Bertz CT molecular complexity index is 1170. The first-order chi connectivity index (χ1) is 13.7. The van der Waals surface area contributed by atoms with Crippen molar-refractivity contribution in [3.8, 4) is 22.5 Å². The number of aryl methyl sites for hydroxylation is 1. The first-order valence-electron chi connectivity index (χ1n) is 9.58. The maximum absolute atomic E-state index is 13.4. The van der Waals surface area contributed by atoms with E-state index in [1.165, 1.54) is 22.3 Å². The van der Waals surface area contributed by atoms with Gasteiger partial charge in [-0.25, -0.2) is 4.98 Å². The lowest BCUT2D eigenvalue weighted by Crippen LogP contribution is -2.30. The Morgan fingerprint density at radius 2 is 1.89 bits per heavy atom. The molecule has 28 heavy (non-hydrogen) atoms. The van der Waals surface area contributed by atoms with E-state index < -0.39 is 0 Å². The Hall–Kier alpha value is -2.93. The van der Waals surface area contributed by atoms with Gasteiger partial charge in [0.15, 0.2) is 5.65 Å². The predicted octanol–water partition coefficient (Wildman–Crippen LogP) is 4.11. The molecule has 142 valence electrons. The molecule has 1 aromatic carbocycles. The third-order valence-corrected chi connectivity index (χ3v) is 5.94. The van der Waals surface area contributed by atoms with Crippen molar-refractivity contribution in [2.24, 2.45) is 0 Å². The normalized spacial score (nSPS) is 14.7. The number of nitrogens with one attached hydrogen (secondary N) is 1. The zero-order valence-electron chi connectivity index (χ0n) is 15.7. The molecule has 0 radical (unpaired) electrons. The van der Waals surface area contributed by atoms with E-state index in [4.69, 9.17) is 5.10 Å². The van der Waals surface area contributed by atoms with Gasteiger partial charge in [-0.1, -0.05) is 30.3 Å². The van der Waals surface area contributed by atoms with Crippen LogP contribution in [0.25, 0.3) is 28.2 Å². The second-order valence-electron chi connectivity index (χ2n) is 7.18. The number of H-pyrrole nitrogens is 1. The minimum atomic E-state index is -0.127. The largest absolute Gasteiger partial charge is 0.367 e. The van der Waals surface area contributed by atoms with E-state index in [9.17, 15) is 4.79 Å². The molecule has 0 bridgehead atoms. The highest BCUT2D eigenvalue weighted by molar-refractivity contribution is 7.07. The number of anilines is 1. The SMILES string of the molecule is Cc1[nH]c2c(N3CCCCC3)c(-c3ccccc3)nn2c(=O)c1-c1cscn1. The van der Waals surface area contributed by atoms with Gasteiger partial charge in [-0.2, -0.15) is 9.61 Å². The van der Waals surface area contributed by atoms with Gasteiger partial charge >= 0.3 is 0 Å². The first kappa shape index (κ1) is 17.2. The standard InChI is InChI=1S/C21H21N5OS/c1-14-17(16-12-28-13-22-16)21(27)26-20(23-14)19(25-10-6-3-7-11-25)18(24-26)15-8-4-2-5-9-15/h2,4-5,8-9,12-13,23H,3,6-7,10-11H2,1H3. The van der Waals surface area contributed by atoms with Crippen molar-refractivity contribution in [1.29, 1.82) is 0 Å². The van der Waals surface area contributed by atoms with Gasteiger partial charge in [0.1, 0.15) is 11.4 Å². The van der Waals surface area contributed by atoms with Gasteiger partial charge in [0, 0.05) is 29.7 Å². The minimum Gasteiger partial charge on any atom is -0.367 e. The fourth-order valence-corrected chi connectivity index (χ4v) is 4.56. The number of hydrogen-bond acceptors (Lipinski definition) is 5. The summed E-state index contributed by atoms with van der Waals surface area (Å²) in [4.78, 5) is 23.5. The quantitative estimate of drug-likeness (QED) is 0.571. The summed E-state index contributed by atoms with van der Waals surface area (Å²) in [5.74, 6) is 0. The molecule has 1 aliphatic rings. The van der Waals surface area contributed by atoms with Crippen LogP contribution in [0.5, 0.6) is 0 Å². The Kier molecular flexibility index (Phi) is 4.24. The Balaban J connectivity index is 1.81. The van der Waals surface area contributed by atoms with Gasteiger partial charge in [0.2, 0.25) is 0 Å². The van der Waals surface area contributed by atoms with E-state index in [1.54, 1.807) is 5.51 Å². The highest BCUT2D eigenvalue weighted by Crippen LogP contribution is 2.35. The molecule has 6 nitrogen and oxygen atoms in total. The van der Waals surface area contributed by atoms with Crippen molar-refractivity contribution >= 4 is 22.7 Å². The molecule has 1 saturated heterocycles. The van der Waals surface area contributed by atoms with Crippen molar-refractivity contribution in [2.45, 2.75) is 26.2 Å². The molecule has 4 aromatic rings. The van der Waals surface area contributed by atoms with Crippen molar-refractivity contribution in [3.63, 3.8) is 0 Å². The van der Waals surface area contributed by atoms with Crippen molar-refractivity contribution in [1.82, 2.24) is 19.6 Å². The van der Waals surface area contributed by atoms with Crippen LogP contribution < -0.4 is 10.5 Å². The minimum absolute atomic E-state index is 0.127. The summed E-state index contributed by atoms with van der Waals surface area (Å²) in [6, 6.07) is 10.1. The Labute approximate surface area is 166 Å². The number of nitrogens with zero attached hydrogens (tertiary/aromatic N) is 4. The lowest BCUT2D eigenvalue weighted by Gasteiger charge is -2.28. The lowest BCUT2D eigenvalue weighted by atomic mass is 10.1. The predicted molar refractivity (Wildman–Crippen MR) is 113 cm³/mol. The molecule has 5 rings (SSSR count). The fourth-order valence-electron chi connectivity index (χ4n) is 4.02. The summed E-state index contributed by atoms with van der Waals surface area (Å²) in [5, 5.41) is 6.68. The van der Waals surface area contributed by atoms with E-state index in [2.05, 4.69) is 14.9 Å². The molecule has 0 spiro atoms. The van der Waals surface area contributed by atoms with Gasteiger partial charge in [-0.15, -0.1) is 11.3 Å². The van der Waals surface area contributed by atoms with Gasteiger partial charge in [-0.3, -0.25) is 4.79 Å². The monoisotopic (exact) mass is 391 g/mol. The third-order valence-electron chi connectivity index (χ3n) is 5.36. The molecule has 0 unspecified atom stereocenters. The van der Waals surface area contributed by atoms with Gasteiger partial charge in [0.25, 0.3) is 5.56 Å². The number of benzene rings is 1. The van der Waals surface area contributed by atoms with Crippen LogP contribution in [0.15, 0.2) is 46.0 Å². The number of aromatic amines is 1. The van der Waals surface area contributed by atoms with E-state index in [1.807, 2.05) is 42.6 Å². The average Bonchev–Trinajstić information content (AvgIpc) is 3.38. The van der Waals surface area contributed by atoms with Gasteiger partial charge in [0.05, 0.1) is 16.8 Å². The van der Waals surface area contributed by atoms with E-state index in [0.29, 0.717) is 11.3 Å². The number of aromatic nitrogens is 4. The van der Waals surface area contributed by atoms with Crippen molar-refractivity contribution in [2.75, 3.05) is 18.0 Å². The van der Waals surface area contributed by atoms with Crippen molar-refractivity contribution in [3.05, 3.63) is 57.3 Å². The molecule has 3 aromatic heterocycles. The topological polar surface area (TPSA) is 66.3 Å². The number of thiazole rings is 1. The second kappa shape index (κ2) is 6.91. The molecular weight excluding hydrogens is 370 g/mol. The molecule has 0 amide bonds. The second-order valence-corrected chi connectivity index (χ2v) is 7.89. The molecule has 4 heterocycles. The zero-order chi connectivity index (χ0) is 19.1. The smallest absolute Gasteiger partial charge is 0.284 e. The molecule has 1 fully saturated rings. The fraction of sp³-hybridized carbons (Fsp3) is 0.286. The maximum Gasteiger partial charge on any atom is 0.284 e. The molecule has 1 N–H and O–H groups in total. The van der Waals surface area contributed by atoms with Crippen LogP contribution in [0.3, 0.4) is 0 Å². The van der Waals surface area contributed by atoms with Gasteiger partial charge < -0.3 is 9.88 Å². The van der Waals surface area contributed by atoms with Crippen LogP contribution in [0.1, 0.15) is 25.0 Å². The maximum atomic E-state index is 13.4. The highest BCUT2D eigenvalue weighted by Gasteiger charge is 2.25. The van der Waals surface area contributed by atoms with Crippen LogP contribution in [0.2, 0.25) is 0 Å². The molecule has 0 aliphatic carbocycles. The molecular formula is C21H21N5OS. The van der Waals surface area contributed by atoms with Crippen LogP contribution in [0.4, 0.5) is 5.69 Å². The Morgan fingerprint density at radius 1 is 1.11 bits per heavy atom. The van der Waals surface area contributed by atoms with E-state index >= 15 is 0 Å². The summed E-state index contributed by atoms with van der Waals surface area (Å²) in [6.07, 6.45) is 3.57. The highest BCUT2D eigenvalue weighted by atomic mass is 32.1. The molecule has 0 atom stereocenters. The molecule has 0 saturated carbocycles. The Morgan fingerprint density at radius 3 is 2.61 bits per heavy atom. The average molecular weight is 392 g/mol. The lowest BCUT2D eigenvalue weighted by molar-refractivity contribution is 0.579. The van der Waals surface area contributed by atoms with E-state index in [-0.39, 0.29) is 5.56 Å². The summed E-state index contributed by atoms with van der Waals surface area (Å²) in [6.45, 7) is 3.90. The summed E-state index contributed by atoms with van der Waals surface area (Å²) in [5.41, 5.74) is 7.38. The van der Waals surface area contributed by atoms with Gasteiger partial charge in [-0.05, 0) is 26.2 Å². The van der Waals surface area contributed by atoms with Crippen molar-refractivity contribution < 1.29 is 0 Å². The molecule has 7 heteroatoms. The van der Waals surface area contributed by atoms with Crippen LogP contribution >= 0.6 is 11.3 Å². The van der Waals surface area contributed by atoms with Crippen LogP contribution in [0, 0.1) is 6.92 Å². The van der Waals surface area contributed by atoms with Crippen LogP contribution in [-0.2, 0) is 0 Å².